The lowest BCUT2D eigenvalue weighted by molar-refractivity contribution is -0.432. The molecule has 0 fully saturated rings. The molecule has 25 heavy (non-hydrogen) atoms. The molecular weight excluding hydrogens is 324 g/mol. The van der Waals surface area contributed by atoms with Gasteiger partial charge in [-0.05, 0) is 17.7 Å². The van der Waals surface area contributed by atoms with E-state index in [0.29, 0.717) is 16.5 Å². The van der Waals surface area contributed by atoms with Gasteiger partial charge in [-0.3, -0.25) is 10.1 Å². The normalized spacial score (nSPS) is 16.4. The molecule has 7 nitrogen and oxygen atoms in total. The van der Waals surface area contributed by atoms with E-state index in [4.69, 9.17) is 14.9 Å². The smallest absolute Gasteiger partial charge is 0.344 e. The zero-order chi connectivity index (χ0) is 17.6. The lowest BCUT2D eigenvalue weighted by Crippen LogP contribution is -2.29. The minimum absolute atomic E-state index is 0.0748. The Hall–Kier alpha value is -3.61. The summed E-state index contributed by atoms with van der Waals surface area (Å²) in [6, 6.07) is 15.5. The molecule has 0 spiro atoms. The third kappa shape index (κ3) is 2.25. The second-order valence-electron chi connectivity index (χ2n) is 5.58. The van der Waals surface area contributed by atoms with E-state index in [0.717, 1.165) is 0 Å². The number of nitro groups is 1. The molecule has 1 aliphatic rings. The van der Waals surface area contributed by atoms with Crippen LogP contribution in [0.2, 0.25) is 0 Å². The fourth-order valence-corrected chi connectivity index (χ4v) is 3.10. The molecule has 3 aromatic rings. The van der Waals surface area contributed by atoms with Gasteiger partial charge in [-0.1, -0.05) is 42.5 Å². The first-order chi connectivity index (χ1) is 12.1. The monoisotopic (exact) mass is 336 g/mol. The van der Waals surface area contributed by atoms with Crippen molar-refractivity contribution in [3.63, 3.8) is 0 Å². The highest BCUT2D eigenvalue weighted by atomic mass is 16.6. The molecule has 2 heterocycles. The second-order valence-corrected chi connectivity index (χ2v) is 5.58. The van der Waals surface area contributed by atoms with Gasteiger partial charge in [-0.25, -0.2) is 4.79 Å². The average molecular weight is 336 g/mol. The fraction of sp³-hybridized carbons (Fsp3) is 0.0556. The van der Waals surface area contributed by atoms with Gasteiger partial charge in [0, 0.05) is 0 Å². The number of ether oxygens (including phenoxy) is 1. The summed E-state index contributed by atoms with van der Waals surface area (Å²) >= 11 is 0. The van der Waals surface area contributed by atoms with Crippen LogP contribution in [0.25, 0.3) is 11.0 Å². The molecule has 0 saturated heterocycles. The van der Waals surface area contributed by atoms with Gasteiger partial charge in [0.2, 0.25) is 0 Å². The van der Waals surface area contributed by atoms with Crippen molar-refractivity contribution in [3.8, 4) is 5.75 Å². The Labute approximate surface area is 141 Å². The quantitative estimate of drug-likeness (QED) is 0.438. The van der Waals surface area contributed by atoms with E-state index in [1.165, 1.54) is 0 Å². The summed E-state index contributed by atoms with van der Waals surface area (Å²) in [6.45, 7) is 0. The van der Waals surface area contributed by atoms with Gasteiger partial charge < -0.3 is 14.9 Å². The Bertz CT molecular complexity index is 1090. The number of allylic oxidation sites excluding steroid dienone is 1. The molecule has 1 atom stereocenters. The highest BCUT2D eigenvalue weighted by Gasteiger charge is 2.42. The Morgan fingerprint density at radius 3 is 2.44 bits per heavy atom. The lowest BCUT2D eigenvalue weighted by atomic mass is 9.87. The molecule has 0 unspecified atom stereocenters. The van der Waals surface area contributed by atoms with Crippen LogP contribution in [-0.2, 0) is 0 Å². The Morgan fingerprint density at radius 2 is 1.72 bits per heavy atom. The number of hydrogen-bond donors (Lipinski definition) is 1. The van der Waals surface area contributed by atoms with Crippen LogP contribution < -0.4 is 16.1 Å². The van der Waals surface area contributed by atoms with E-state index in [1.807, 2.05) is 0 Å². The van der Waals surface area contributed by atoms with Gasteiger partial charge in [-0.2, -0.15) is 0 Å². The largest absolute Gasteiger partial charge is 0.434 e. The van der Waals surface area contributed by atoms with Crippen LogP contribution >= 0.6 is 0 Å². The van der Waals surface area contributed by atoms with E-state index in [2.05, 4.69) is 0 Å². The van der Waals surface area contributed by atoms with Crippen molar-refractivity contribution >= 4 is 11.0 Å². The first-order valence-electron chi connectivity index (χ1n) is 7.50. The van der Waals surface area contributed by atoms with Crippen molar-refractivity contribution in [1.82, 2.24) is 0 Å². The molecule has 0 amide bonds. The zero-order valence-corrected chi connectivity index (χ0v) is 12.8. The number of fused-ring (bicyclic) bond motifs is 3. The summed E-state index contributed by atoms with van der Waals surface area (Å²) < 4.78 is 10.9. The third-order valence-corrected chi connectivity index (χ3v) is 4.16. The average Bonchev–Trinajstić information content (AvgIpc) is 2.61. The number of nitrogens with two attached hydrogens (primary N) is 1. The van der Waals surface area contributed by atoms with Crippen molar-refractivity contribution in [1.29, 1.82) is 0 Å². The summed E-state index contributed by atoms with van der Waals surface area (Å²) in [5.74, 6) is -1.10. The molecular formula is C18H12N2O5. The summed E-state index contributed by atoms with van der Waals surface area (Å²) in [5.41, 5.74) is 5.75. The van der Waals surface area contributed by atoms with Crippen LogP contribution in [0.3, 0.4) is 0 Å². The molecule has 124 valence electrons. The van der Waals surface area contributed by atoms with E-state index in [9.17, 15) is 14.9 Å². The Kier molecular flexibility index (Phi) is 3.28. The maximum atomic E-state index is 12.6. The summed E-state index contributed by atoms with van der Waals surface area (Å²) in [4.78, 5) is 23.6. The van der Waals surface area contributed by atoms with Gasteiger partial charge in [0.25, 0.3) is 5.88 Å². The number of nitrogens with zero attached hydrogens (tertiary/aromatic N) is 1. The maximum Gasteiger partial charge on any atom is 0.344 e. The number of rotatable bonds is 2. The van der Waals surface area contributed by atoms with Crippen LogP contribution in [0.1, 0.15) is 17.0 Å². The van der Waals surface area contributed by atoms with Gasteiger partial charge >= 0.3 is 11.3 Å². The van der Waals surface area contributed by atoms with Crippen molar-refractivity contribution in [2.45, 2.75) is 5.92 Å². The molecule has 0 radical (unpaired) electrons. The molecule has 0 saturated carbocycles. The molecule has 2 N–H and O–H groups in total. The van der Waals surface area contributed by atoms with Crippen LogP contribution in [0, 0.1) is 10.1 Å². The SMILES string of the molecule is NC1=C([N+](=O)[O-])[C@@H](c2ccccc2)c2c(c3ccccc3oc2=O)O1. The number of para-hydroxylation sites is 1. The molecule has 4 rings (SSSR count). The van der Waals surface area contributed by atoms with Crippen molar-refractivity contribution in [3.05, 3.63) is 97.8 Å². The van der Waals surface area contributed by atoms with Gasteiger partial charge in [0.1, 0.15) is 11.5 Å². The maximum absolute atomic E-state index is 12.6. The molecule has 0 bridgehead atoms. The fourth-order valence-electron chi connectivity index (χ4n) is 3.10. The minimum Gasteiger partial charge on any atom is -0.434 e. The first-order valence-corrected chi connectivity index (χ1v) is 7.50. The highest BCUT2D eigenvalue weighted by Crippen LogP contribution is 2.43. The molecule has 7 heteroatoms. The molecule has 0 aliphatic carbocycles. The summed E-state index contributed by atoms with van der Waals surface area (Å²) in [5, 5.41) is 12.1. The minimum atomic E-state index is -0.971. The second kappa shape index (κ2) is 5.48. The van der Waals surface area contributed by atoms with Crippen molar-refractivity contribution < 1.29 is 14.1 Å². The third-order valence-electron chi connectivity index (χ3n) is 4.16. The van der Waals surface area contributed by atoms with Gasteiger partial charge in [-0.15, -0.1) is 0 Å². The highest BCUT2D eigenvalue weighted by molar-refractivity contribution is 5.85. The van der Waals surface area contributed by atoms with Crippen LogP contribution in [0.5, 0.6) is 5.75 Å². The predicted molar refractivity (Wildman–Crippen MR) is 89.6 cm³/mol. The standard InChI is InChI=1S/C18H12N2O5/c19-17-15(20(22)23)13(10-6-2-1-3-7-10)14-16(25-17)11-8-4-5-9-12(11)24-18(14)21/h1-9,13H,19H2/t13-/m0/s1. The summed E-state index contributed by atoms with van der Waals surface area (Å²) in [6.07, 6.45) is 0. The van der Waals surface area contributed by atoms with Crippen LogP contribution in [0.15, 0.2) is 75.4 Å². The Morgan fingerprint density at radius 1 is 1.04 bits per heavy atom. The molecule has 1 aromatic heterocycles. The van der Waals surface area contributed by atoms with E-state index in [-0.39, 0.29) is 22.9 Å². The first kappa shape index (κ1) is 14.9. The van der Waals surface area contributed by atoms with Crippen LogP contribution in [0.4, 0.5) is 0 Å². The van der Waals surface area contributed by atoms with E-state index >= 15 is 0 Å². The van der Waals surface area contributed by atoms with E-state index < -0.39 is 16.5 Å². The lowest BCUT2D eigenvalue weighted by Gasteiger charge is -2.23. The predicted octanol–water partition coefficient (Wildman–Crippen LogP) is 2.72. The topological polar surface area (TPSA) is 109 Å². The van der Waals surface area contributed by atoms with E-state index in [1.54, 1.807) is 54.6 Å². The van der Waals surface area contributed by atoms with Crippen LogP contribution in [-0.4, -0.2) is 4.92 Å². The molecule has 2 aromatic carbocycles. The van der Waals surface area contributed by atoms with Crippen molar-refractivity contribution in [2.24, 2.45) is 5.73 Å². The number of hydrogen-bond acceptors (Lipinski definition) is 6. The van der Waals surface area contributed by atoms with Gasteiger partial charge in [0.15, 0.2) is 5.75 Å². The summed E-state index contributed by atoms with van der Waals surface area (Å²) in [7, 11) is 0. The van der Waals surface area contributed by atoms with Gasteiger partial charge in [0.05, 0.1) is 15.9 Å². The molecule has 1 aliphatic heterocycles. The Balaban J connectivity index is 2.10. The number of benzene rings is 2. The van der Waals surface area contributed by atoms with Crippen molar-refractivity contribution in [2.75, 3.05) is 0 Å². The zero-order valence-electron chi connectivity index (χ0n) is 12.8.